The molecule has 140 valence electrons. The van der Waals surface area contributed by atoms with Gasteiger partial charge in [-0.15, -0.1) is 11.3 Å². The van der Waals surface area contributed by atoms with Crippen molar-refractivity contribution in [1.29, 1.82) is 0 Å². The van der Waals surface area contributed by atoms with Crippen LogP contribution in [0.1, 0.15) is 39.8 Å². The van der Waals surface area contributed by atoms with Crippen molar-refractivity contribution in [3.05, 3.63) is 11.1 Å². The molecule has 1 aromatic rings. The molecule has 1 heterocycles. The molecule has 1 rings (SSSR count). The molecule has 10 heteroatoms. The van der Waals surface area contributed by atoms with E-state index in [-0.39, 0.29) is 18.9 Å². The normalized spacial score (nSPS) is 11.8. The predicted octanol–water partition coefficient (Wildman–Crippen LogP) is 1.92. The summed E-state index contributed by atoms with van der Waals surface area (Å²) in [6.45, 7) is 7.79. The van der Waals surface area contributed by atoms with Gasteiger partial charge < -0.3 is 25.4 Å². The maximum absolute atomic E-state index is 11.9. The Morgan fingerprint density at radius 2 is 2.12 bits per heavy atom. The minimum atomic E-state index is -0.639. The topological polar surface area (TPSA) is 125 Å². The molecule has 9 nitrogen and oxygen atoms in total. The molecule has 0 aliphatic rings. The Morgan fingerprint density at radius 3 is 2.68 bits per heavy atom. The summed E-state index contributed by atoms with van der Waals surface area (Å²) < 4.78 is 10.0. The number of nitrogen functional groups attached to an aromatic ring is 1. The first-order valence-corrected chi connectivity index (χ1v) is 8.66. The van der Waals surface area contributed by atoms with Gasteiger partial charge in [0.2, 0.25) is 5.71 Å². The number of carbonyl (C=O) groups excluding carboxylic acids is 2. The number of thiazole rings is 1. The number of amides is 1. The number of hydrogen-bond donors (Lipinski definition) is 2. The second kappa shape index (κ2) is 9.82. The zero-order valence-corrected chi connectivity index (χ0v) is 15.6. The maximum atomic E-state index is 11.9. The summed E-state index contributed by atoms with van der Waals surface area (Å²) >= 11 is 1.18. The van der Waals surface area contributed by atoms with Gasteiger partial charge >= 0.3 is 12.1 Å². The predicted molar refractivity (Wildman–Crippen MR) is 94.5 cm³/mol. The van der Waals surface area contributed by atoms with E-state index in [4.69, 9.17) is 20.0 Å². The van der Waals surface area contributed by atoms with E-state index < -0.39 is 17.7 Å². The molecule has 0 saturated heterocycles. The molecule has 0 aliphatic heterocycles. The van der Waals surface area contributed by atoms with Gasteiger partial charge in [0.1, 0.15) is 17.9 Å². The van der Waals surface area contributed by atoms with Crippen LogP contribution in [0.3, 0.4) is 0 Å². The minimum Gasteiger partial charge on any atom is -0.461 e. The molecule has 1 amide bonds. The van der Waals surface area contributed by atoms with E-state index in [2.05, 4.69) is 15.5 Å². The van der Waals surface area contributed by atoms with E-state index in [1.165, 1.54) is 11.3 Å². The second-order valence-electron chi connectivity index (χ2n) is 5.85. The molecule has 0 spiro atoms. The number of ether oxygens (including phenoxy) is 2. The van der Waals surface area contributed by atoms with Crippen molar-refractivity contribution >= 4 is 34.2 Å². The number of nitrogens with zero attached hydrogens (tertiary/aromatic N) is 2. The van der Waals surface area contributed by atoms with Crippen LogP contribution in [0.25, 0.3) is 0 Å². The molecule has 0 atom stereocenters. The highest BCUT2D eigenvalue weighted by Crippen LogP contribution is 2.13. The molecular formula is C15H24N4O5S. The van der Waals surface area contributed by atoms with Gasteiger partial charge in [0, 0.05) is 18.3 Å². The lowest BCUT2D eigenvalue weighted by atomic mass is 10.2. The summed E-state index contributed by atoms with van der Waals surface area (Å²) in [4.78, 5) is 32.5. The molecule has 25 heavy (non-hydrogen) atoms. The van der Waals surface area contributed by atoms with E-state index in [0.29, 0.717) is 23.8 Å². The first-order chi connectivity index (χ1) is 11.7. The van der Waals surface area contributed by atoms with Crippen molar-refractivity contribution in [2.75, 3.05) is 25.5 Å². The Kier molecular flexibility index (Phi) is 8.12. The summed E-state index contributed by atoms with van der Waals surface area (Å²) in [5.74, 6) is -0.639. The molecule has 0 radical (unpaired) electrons. The molecule has 0 unspecified atom stereocenters. The fourth-order valence-corrected chi connectivity index (χ4v) is 2.08. The van der Waals surface area contributed by atoms with E-state index in [9.17, 15) is 9.59 Å². The van der Waals surface area contributed by atoms with Gasteiger partial charge in [-0.1, -0.05) is 5.16 Å². The number of anilines is 1. The number of oxime groups is 1. The van der Waals surface area contributed by atoms with Crippen LogP contribution in [-0.2, 0) is 19.1 Å². The number of nitrogens with one attached hydrogen (secondary N) is 1. The van der Waals surface area contributed by atoms with Crippen LogP contribution >= 0.6 is 11.3 Å². The SMILES string of the molecule is CCOC(=O)C(=NOCCCNC(=O)OC(C)(C)C)c1csc(N)n1. The number of carbonyl (C=O) groups is 2. The Bertz CT molecular complexity index is 609. The van der Waals surface area contributed by atoms with Gasteiger partial charge in [0.25, 0.3) is 0 Å². The maximum Gasteiger partial charge on any atom is 0.407 e. The van der Waals surface area contributed by atoms with Crippen LogP contribution in [0.5, 0.6) is 0 Å². The van der Waals surface area contributed by atoms with Gasteiger partial charge in [-0.25, -0.2) is 14.6 Å². The van der Waals surface area contributed by atoms with E-state index in [1.54, 1.807) is 33.1 Å². The number of rotatable bonds is 8. The average molecular weight is 372 g/mol. The standard InChI is InChI=1S/C15H24N4O5S/c1-5-22-12(20)11(10-9-25-13(16)18-10)19-23-8-6-7-17-14(21)24-15(2,3)4/h9H,5-8H2,1-4H3,(H2,16,18)(H,17,21). The van der Waals surface area contributed by atoms with Crippen molar-refractivity contribution in [2.45, 2.75) is 39.7 Å². The summed E-state index contributed by atoms with van der Waals surface area (Å²) in [7, 11) is 0. The quantitative estimate of drug-likeness (QED) is 0.309. The number of nitrogens with two attached hydrogens (primary N) is 1. The molecular weight excluding hydrogens is 348 g/mol. The van der Waals surface area contributed by atoms with Crippen LogP contribution in [-0.4, -0.2) is 48.1 Å². The fourth-order valence-electron chi connectivity index (χ4n) is 1.54. The van der Waals surface area contributed by atoms with Gasteiger partial charge in [0.05, 0.1) is 6.61 Å². The summed E-state index contributed by atoms with van der Waals surface area (Å²) in [5.41, 5.74) is 5.27. The van der Waals surface area contributed by atoms with E-state index >= 15 is 0 Å². The molecule has 0 aromatic carbocycles. The second-order valence-corrected chi connectivity index (χ2v) is 6.74. The van der Waals surface area contributed by atoms with Crippen LogP contribution in [0.2, 0.25) is 0 Å². The van der Waals surface area contributed by atoms with Crippen molar-refractivity contribution in [1.82, 2.24) is 10.3 Å². The first-order valence-electron chi connectivity index (χ1n) is 7.78. The Labute approximate surface area is 150 Å². The summed E-state index contributed by atoms with van der Waals surface area (Å²) in [6.07, 6.45) is -0.0147. The largest absolute Gasteiger partial charge is 0.461 e. The van der Waals surface area contributed by atoms with E-state index in [1.807, 2.05) is 0 Å². The van der Waals surface area contributed by atoms with Crippen LogP contribution < -0.4 is 11.1 Å². The number of alkyl carbamates (subject to hydrolysis) is 1. The van der Waals surface area contributed by atoms with Gasteiger partial charge in [0.15, 0.2) is 5.13 Å². The molecule has 1 aromatic heterocycles. The number of hydrogen-bond acceptors (Lipinski definition) is 9. The highest BCUT2D eigenvalue weighted by Gasteiger charge is 2.19. The van der Waals surface area contributed by atoms with E-state index in [0.717, 1.165) is 0 Å². The van der Waals surface area contributed by atoms with Crippen LogP contribution in [0, 0.1) is 0 Å². The monoisotopic (exact) mass is 372 g/mol. The lowest BCUT2D eigenvalue weighted by Crippen LogP contribution is -2.33. The van der Waals surface area contributed by atoms with Gasteiger partial charge in [-0.3, -0.25) is 0 Å². The third kappa shape index (κ3) is 8.34. The third-order valence-electron chi connectivity index (χ3n) is 2.47. The molecule has 0 aliphatic carbocycles. The molecule has 0 fully saturated rings. The number of esters is 1. The number of aromatic nitrogens is 1. The van der Waals surface area contributed by atoms with Crippen molar-refractivity contribution in [3.63, 3.8) is 0 Å². The van der Waals surface area contributed by atoms with Gasteiger partial charge in [-0.2, -0.15) is 0 Å². The molecule has 0 saturated carbocycles. The minimum absolute atomic E-state index is 0.0464. The third-order valence-corrected chi connectivity index (χ3v) is 3.14. The Hall–Kier alpha value is -2.36. The highest BCUT2D eigenvalue weighted by molar-refractivity contribution is 7.13. The van der Waals surface area contributed by atoms with Crippen molar-refractivity contribution < 1.29 is 23.9 Å². The van der Waals surface area contributed by atoms with Crippen LogP contribution in [0.15, 0.2) is 10.5 Å². The molecule has 3 N–H and O–H groups in total. The summed E-state index contributed by atoms with van der Waals surface area (Å²) in [5, 5.41) is 8.29. The Morgan fingerprint density at radius 1 is 1.40 bits per heavy atom. The smallest absolute Gasteiger partial charge is 0.407 e. The van der Waals surface area contributed by atoms with Crippen molar-refractivity contribution in [2.24, 2.45) is 5.16 Å². The zero-order valence-electron chi connectivity index (χ0n) is 14.8. The average Bonchev–Trinajstić information content (AvgIpc) is 2.91. The first kappa shape index (κ1) is 20.7. The zero-order chi connectivity index (χ0) is 18.9. The lowest BCUT2D eigenvalue weighted by molar-refractivity contribution is -0.135. The summed E-state index contributed by atoms with van der Waals surface area (Å²) in [6, 6.07) is 0. The highest BCUT2D eigenvalue weighted by atomic mass is 32.1. The molecule has 0 bridgehead atoms. The Balaban J connectivity index is 2.45. The van der Waals surface area contributed by atoms with Gasteiger partial charge in [-0.05, 0) is 27.7 Å². The fraction of sp³-hybridized carbons (Fsp3) is 0.600. The van der Waals surface area contributed by atoms with Crippen molar-refractivity contribution in [3.8, 4) is 0 Å². The lowest BCUT2D eigenvalue weighted by Gasteiger charge is -2.19. The van der Waals surface area contributed by atoms with Crippen LogP contribution in [0.4, 0.5) is 9.93 Å².